The van der Waals surface area contributed by atoms with Crippen LogP contribution in [0.15, 0.2) is 72.8 Å². The fourth-order valence-corrected chi connectivity index (χ4v) is 13.0. The van der Waals surface area contributed by atoms with Crippen LogP contribution in [0.4, 0.5) is 0 Å². The third kappa shape index (κ3) is 25.5. The molecule has 0 aliphatic heterocycles. The molecule has 18 heteroatoms. The minimum atomic E-state index is -0.588. The van der Waals surface area contributed by atoms with Crippen molar-refractivity contribution >= 4 is 35.8 Å². The molecule has 0 spiro atoms. The van der Waals surface area contributed by atoms with Crippen LogP contribution in [-0.4, -0.2) is 115 Å². The number of hydrogen-bond acceptors (Lipinski definition) is 18. The van der Waals surface area contributed by atoms with Gasteiger partial charge in [-0.25, -0.2) is 28.8 Å². The molecule has 602 valence electrons. The van der Waals surface area contributed by atoms with Crippen molar-refractivity contribution in [3.8, 4) is 34.5 Å². The Morgan fingerprint density at radius 2 is 0.373 bits per heavy atom. The molecule has 0 fully saturated rings. The molecule has 0 heterocycles. The van der Waals surface area contributed by atoms with Gasteiger partial charge in [-0.05, 0) is 188 Å². The maximum Gasteiger partial charge on any atom is 0.344 e. The summed E-state index contributed by atoms with van der Waals surface area (Å²) >= 11 is 0. The van der Waals surface area contributed by atoms with Crippen LogP contribution in [0.1, 0.15) is 273 Å². The highest BCUT2D eigenvalue weighted by Crippen LogP contribution is 2.46. The van der Waals surface area contributed by atoms with Crippen LogP contribution in [-0.2, 0) is 128 Å². The summed E-state index contributed by atoms with van der Waals surface area (Å²) in [7, 11) is 0. The molecule has 0 radical (unpaired) electrons. The summed E-state index contributed by atoms with van der Waals surface area (Å²) in [5.41, 5.74) is 12.3. The maximum absolute atomic E-state index is 13.9. The Morgan fingerprint density at radius 1 is 0.227 bits per heavy atom. The quantitative estimate of drug-likeness (QED) is 0.0267. The van der Waals surface area contributed by atoms with E-state index in [-0.39, 0.29) is 95.8 Å². The largest absolute Gasteiger partial charge is 0.481 e. The van der Waals surface area contributed by atoms with Crippen molar-refractivity contribution in [3.63, 3.8) is 0 Å². The minimum Gasteiger partial charge on any atom is -0.481 e. The average molecular weight is 1520 g/mol. The number of hydrogen-bond donors (Lipinski definition) is 0. The molecule has 0 bridgehead atoms. The van der Waals surface area contributed by atoms with Gasteiger partial charge < -0.3 is 56.8 Å². The van der Waals surface area contributed by atoms with Gasteiger partial charge in [-0.3, -0.25) is 0 Å². The summed E-state index contributed by atoms with van der Waals surface area (Å²) in [6.07, 6.45) is 1.53. The lowest BCUT2D eigenvalue weighted by Gasteiger charge is -2.28. The van der Waals surface area contributed by atoms with Crippen LogP contribution in [0.25, 0.3) is 0 Å². The predicted molar refractivity (Wildman–Crippen MR) is 432 cm³/mol. The van der Waals surface area contributed by atoms with E-state index in [9.17, 15) is 28.8 Å². The fraction of sp³-hybridized carbons (Fsp3) is 0.543. The summed E-state index contributed by atoms with van der Waals surface area (Å²) < 4.78 is 73.4. The van der Waals surface area contributed by atoms with Crippen LogP contribution in [0, 0.1) is 6.92 Å². The van der Waals surface area contributed by atoms with Gasteiger partial charge >= 0.3 is 35.8 Å². The second-order valence-electron chi connectivity index (χ2n) is 34.2. The first-order chi connectivity index (χ1) is 51.4. The highest BCUT2D eigenvalue weighted by atomic mass is 16.6. The number of carbonyl (C=O) groups excluding carboxylic acids is 6. The molecule has 6 aromatic carbocycles. The summed E-state index contributed by atoms with van der Waals surface area (Å²) in [6, 6.07) is 25.3. The average Bonchev–Trinajstić information content (AvgIpc) is 0.771. The third-order valence-electron chi connectivity index (χ3n) is 18.9. The van der Waals surface area contributed by atoms with Crippen LogP contribution in [0.5, 0.6) is 34.5 Å². The van der Waals surface area contributed by atoms with Crippen LogP contribution in [0.2, 0.25) is 0 Å². The van der Waals surface area contributed by atoms with Gasteiger partial charge in [0.1, 0.15) is 34.5 Å². The lowest BCUT2D eigenvalue weighted by atomic mass is 9.79. The molecule has 6 aromatic rings. The lowest BCUT2D eigenvalue weighted by Crippen LogP contribution is -2.20. The van der Waals surface area contributed by atoms with Gasteiger partial charge in [0, 0.05) is 32.1 Å². The summed E-state index contributed by atoms with van der Waals surface area (Å²) in [5.74, 6) is -0.599. The highest BCUT2D eigenvalue weighted by Gasteiger charge is 2.32. The van der Waals surface area contributed by atoms with Crippen molar-refractivity contribution in [1.29, 1.82) is 0 Å². The molecule has 18 nitrogen and oxygen atoms in total. The van der Waals surface area contributed by atoms with Gasteiger partial charge in [-0.15, -0.1) is 0 Å². The van der Waals surface area contributed by atoms with E-state index >= 15 is 0 Å². The highest BCUT2D eigenvalue weighted by molar-refractivity contribution is 5.75. The Hall–Kier alpha value is -9.06. The molecule has 0 aromatic heterocycles. The van der Waals surface area contributed by atoms with Gasteiger partial charge in [0.05, 0.1) is 39.6 Å². The third-order valence-corrected chi connectivity index (χ3v) is 18.9. The standard InChI is InChI=1S/C92H126O18/c1-27-58-40-70(88(12,13)14)42-60(82(58)106-52-76(94)100-29-3)36-62-44-72(90(18,19)20)46-64(84(62)108-54-78(96)102-31-5)38-66-48-74(92(24,25)26)50-68(86(66)110-56-80(98)104-33-7)39-67-49-73(91(21,22)23)47-65(85(67)109-55-79(97)103-32-6)37-63-45-71(89(15,16)17)43-61(83(63)107-53-77(95)101-30-4)35-59-41-69(87(9,10)11)34-57(8)81(59)105-51-75(93)99-28-2/h34,40-50H,27-33,35-39,51-56H2,1-26H3. The summed E-state index contributed by atoms with van der Waals surface area (Å²) in [5, 5.41) is 0. The van der Waals surface area contributed by atoms with Crippen molar-refractivity contribution in [2.24, 2.45) is 0 Å². The molecule has 0 unspecified atom stereocenters. The zero-order valence-electron chi connectivity index (χ0n) is 71.0. The Balaban J connectivity index is 1.76. The molecule has 0 atom stereocenters. The number of aryl methyl sites for hydroxylation is 2. The molecule has 6 rings (SSSR count). The van der Waals surface area contributed by atoms with Gasteiger partial charge in [-0.2, -0.15) is 0 Å². The summed E-state index contributed by atoms with van der Waals surface area (Å²) in [6.45, 7) is 51.5. The van der Waals surface area contributed by atoms with E-state index in [1.165, 1.54) is 0 Å². The molecular formula is C92H126O18. The SMILES string of the molecule is CCOC(=O)COc1c(C)cc(C(C)(C)C)cc1Cc1cc(C(C)(C)C)cc(Cc2cc(C(C)(C)C)cc(Cc3cc(C(C)(C)C)cc(Cc4cc(C(C)(C)C)cc(Cc5cc(C(C)(C)C)cc(CC)c5OCC(=O)OCC)c4OCC(=O)OCC)c3OCC(=O)OCC)c2OCC(=O)OCC)c1OCC(=O)OCC. The van der Waals surface area contributed by atoms with Crippen LogP contribution in [0.3, 0.4) is 0 Å². The molecule has 0 aliphatic rings. The Morgan fingerprint density at radius 3 is 0.536 bits per heavy atom. The Labute approximate surface area is 655 Å². The van der Waals surface area contributed by atoms with E-state index < -0.39 is 83.9 Å². The molecule has 110 heavy (non-hydrogen) atoms. The first-order valence-corrected chi connectivity index (χ1v) is 39.0. The molecular weight excluding hydrogens is 1390 g/mol. The number of carbonyl (C=O) groups is 6. The minimum absolute atomic E-state index is 0.109. The molecule has 0 saturated carbocycles. The first-order valence-electron chi connectivity index (χ1n) is 39.0. The van der Waals surface area contributed by atoms with Gasteiger partial charge in [0.15, 0.2) is 39.6 Å². The van der Waals surface area contributed by atoms with Gasteiger partial charge in [0.2, 0.25) is 0 Å². The molecule has 0 aliphatic carbocycles. The zero-order valence-corrected chi connectivity index (χ0v) is 71.0. The number of benzene rings is 6. The predicted octanol–water partition coefficient (Wildman–Crippen LogP) is 17.9. The van der Waals surface area contributed by atoms with E-state index in [1.807, 2.05) is 6.92 Å². The molecule has 0 amide bonds. The van der Waals surface area contributed by atoms with Crippen LogP contribution >= 0.6 is 0 Å². The number of ether oxygens (including phenoxy) is 12. The number of rotatable bonds is 35. The second-order valence-corrected chi connectivity index (χ2v) is 34.2. The van der Waals surface area contributed by atoms with Gasteiger partial charge in [-0.1, -0.05) is 204 Å². The Kier molecular flexibility index (Phi) is 31.6. The normalized spacial score (nSPS) is 12.1. The van der Waals surface area contributed by atoms with Crippen LogP contribution < -0.4 is 28.4 Å². The van der Waals surface area contributed by atoms with E-state index in [4.69, 9.17) is 56.8 Å². The fourth-order valence-electron chi connectivity index (χ4n) is 13.0. The molecule has 0 N–H and O–H groups in total. The Bertz CT molecular complexity index is 4200. The lowest BCUT2D eigenvalue weighted by molar-refractivity contribution is -0.146. The van der Waals surface area contributed by atoms with Crippen molar-refractivity contribution in [1.82, 2.24) is 0 Å². The first kappa shape index (κ1) is 89.8. The van der Waals surface area contributed by atoms with E-state index in [1.54, 1.807) is 41.5 Å². The maximum atomic E-state index is 13.9. The van der Waals surface area contributed by atoms with Gasteiger partial charge in [0.25, 0.3) is 0 Å². The number of esters is 6. The van der Waals surface area contributed by atoms with Crippen molar-refractivity contribution in [3.05, 3.63) is 173 Å². The summed E-state index contributed by atoms with van der Waals surface area (Å²) in [4.78, 5) is 81.1. The monoisotopic (exact) mass is 1520 g/mol. The zero-order chi connectivity index (χ0) is 82.0. The van der Waals surface area contributed by atoms with Crippen molar-refractivity contribution in [2.75, 3.05) is 79.3 Å². The van der Waals surface area contributed by atoms with E-state index in [0.717, 1.165) is 66.8 Å². The van der Waals surface area contributed by atoms with E-state index in [2.05, 4.69) is 204 Å². The molecule has 0 saturated heterocycles. The second kappa shape index (κ2) is 38.7. The van der Waals surface area contributed by atoms with Crippen molar-refractivity contribution < 1.29 is 85.6 Å². The van der Waals surface area contributed by atoms with Crippen molar-refractivity contribution in [2.45, 2.75) is 251 Å². The van der Waals surface area contributed by atoms with E-state index in [0.29, 0.717) is 74.3 Å². The topological polar surface area (TPSA) is 213 Å². The smallest absolute Gasteiger partial charge is 0.344 e.